The van der Waals surface area contributed by atoms with Gasteiger partial charge < -0.3 is 9.47 Å². The van der Waals surface area contributed by atoms with Gasteiger partial charge in [-0.1, -0.05) is 0 Å². The molecule has 0 amide bonds. The summed E-state index contributed by atoms with van der Waals surface area (Å²) in [5, 5.41) is 0. The van der Waals surface area contributed by atoms with Crippen LogP contribution in [0, 0.1) is 0 Å². The number of hydrogen-bond donors (Lipinski definition) is 0. The Balaban J connectivity index is 2.41. The zero-order valence-electron chi connectivity index (χ0n) is 10.9. The van der Waals surface area contributed by atoms with Gasteiger partial charge in [0.2, 0.25) is 0 Å². The fraction of sp³-hybridized carbons (Fsp3) is 0.545. The summed E-state index contributed by atoms with van der Waals surface area (Å²) >= 11 is 0. The lowest BCUT2D eigenvalue weighted by molar-refractivity contribution is -0.205. The van der Waals surface area contributed by atoms with Gasteiger partial charge in [-0.05, 0) is 0 Å². The fourth-order valence-electron chi connectivity index (χ4n) is 2.30. The molecule has 0 saturated carbocycles. The molecule has 0 bridgehead atoms. The van der Waals surface area contributed by atoms with E-state index in [1.165, 1.54) is 22.5 Å². The SMILES string of the molecule is Cn1c(=O)c2c(ncn2C2(C)OCCO2)n(C)c1=O. The second kappa shape index (κ2) is 3.78. The summed E-state index contributed by atoms with van der Waals surface area (Å²) in [6.07, 6.45) is 1.46. The van der Waals surface area contributed by atoms with Crippen LogP contribution >= 0.6 is 0 Å². The van der Waals surface area contributed by atoms with Crippen molar-refractivity contribution in [2.45, 2.75) is 12.8 Å². The number of ether oxygens (including phenoxy) is 2. The second-order valence-corrected chi connectivity index (χ2v) is 4.59. The van der Waals surface area contributed by atoms with Crippen molar-refractivity contribution in [1.29, 1.82) is 0 Å². The van der Waals surface area contributed by atoms with E-state index in [-0.39, 0.29) is 5.52 Å². The number of imidazole rings is 1. The van der Waals surface area contributed by atoms with Gasteiger partial charge in [0.05, 0.1) is 13.2 Å². The van der Waals surface area contributed by atoms with Crippen LogP contribution in [0.5, 0.6) is 0 Å². The van der Waals surface area contributed by atoms with Gasteiger partial charge in [-0.3, -0.25) is 18.5 Å². The van der Waals surface area contributed by atoms with Crippen LogP contribution in [-0.4, -0.2) is 31.9 Å². The number of aromatic nitrogens is 4. The van der Waals surface area contributed by atoms with E-state index in [0.717, 1.165) is 4.57 Å². The lowest BCUT2D eigenvalue weighted by Crippen LogP contribution is -2.39. The molecule has 0 atom stereocenters. The highest BCUT2D eigenvalue weighted by Gasteiger charge is 2.35. The molecule has 0 aromatic carbocycles. The Kier molecular flexibility index (Phi) is 2.41. The molecule has 1 fully saturated rings. The highest BCUT2D eigenvalue weighted by atomic mass is 16.8. The number of nitrogens with zero attached hydrogens (tertiary/aromatic N) is 4. The van der Waals surface area contributed by atoms with Crippen molar-refractivity contribution in [2.24, 2.45) is 14.1 Å². The molecule has 3 heterocycles. The smallest absolute Gasteiger partial charge is 0.330 e. The van der Waals surface area contributed by atoms with Crippen molar-refractivity contribution in [2.75, 3.05) is 13.2 Å². The third kappa shape index (κ3) is 1.50. The molecule has 1 saturated heterocycles. The van der Waals surface area contributed by atoms with Crippen LogP contribution < -0.4 is 11.2 Å². The molecule has 2 aromatic rings. The Morgan fingerprint density at radius 1 is 1.21 bits per heavy atom. The van der Waals surface area contributed by atoms with E-state index in [4.69, 9.17) is 9.47 Å². The van der Waals surface area contributed by atoms with Crippen molar-refractivity contribution < 1.29 is 9.47 Å². The maximum atomic E-state index is 12.3. The Morgan fingerprint density at radius 3 is 2.47 bits per heavy atom. The summed E-state index contributed by atoms with van der Waals surface area (Å²) in [5.74, 6) is -1.06. The summed E-state index contributed by atoms with van der Waals surface area (Å²) < 4.78 is 14.9. The number of aryl methyl sites for hydroxylation is 1. The number of rotatable bonds is 1. The van der Waals surface area contributed by atoms with Crippen molar-refractivity contribution in [3.63, 3.8) is 0 Å². The molecule has 8 heteroatoms. The molecule has 0 aliphatic carbocycles. The predicted molar refractivity (Wildman–Crippen MR) is 65.8 cm³/mol. The van der Waals surface area contributed by atoms with Gasteiger partial charge in [0.25, 0.3) is 11.5 Å². The summed E-state index contributed by atoms with van der Waals surface area (Å²) in [6.45, 7) is 2.61. The number of hydrogen-bond acceptors (Lipinski definition) is 5. The summed E-state index contributed by atoms with van der Waals surface area (Å²) in [7, 11) is 3.00. The highest BCUT2D eigenvalue weighted by Crippen LogP contribution is 2.26. The van der Waals surface area contributed by atoms with Crippen LogP contribution in [0.2, 0.25) is 0 Å². The van der Waals surface area contributed by atoms with Gasteiger partial charge in [0, 0.05) is 21.0 Å². The minimum absolute atomic E-state index is 0.286. The zero-order valence-corrected chi connectivity index (χ0v) is 10.9. The van der Waals surface area contributed by atoms with Gasteiger partial charge in [0.1, 0.15) is 6.33 Å². The molecule has 0 spiro atoms. The topological polar surface area (TPSA) is 80.3 Å². The van der Waals surface area contributed by atoms with E-state index in [0.29, 0.717) is 18.9 Å². The average Bonchev–Trinajstić information content (AvgIpc) is 3.00. The van der Waals surface area contributed by atoms with Gasteiger partial charge in [0.15, 0.2) is 11.2 Å². The summed E-state index contributed by atoms with van der Waals surface area (Å²) in [4.78, 5) is 28.2. The zero-order chi connectivity index (χ0) is 13.8. The summed E-state index contributed by atoms with van der Waals surface area (Å²) in [6, 6.07) is 0. The molecule has 0 radical (unpaired) electrons. The molecular weight excluding hydrogens is 252 g/mol. The van der Waals surface area contributed by atoms with E-state index in [2.05, 4.69) is 4.98 Å². The maximum absolute atomic E-state index is 12.3. The van der Waals surface area contributed by atoms with E-state index in [1.54, 1.807) is 14.0 Å². The molecule has 19 heavy (non-hydrogen) atoms. The van der Waals surface area contributed by atoms with Crippen LogP contribution in [0.15, 0.2) is 15.9 Å². The van der Waals surface area contributed by atoms with E-state index < -0.39 is 17.2 Å². The minimum atomic E-state index is -1.06. The standard InChI is InChI=1S/C11H14N4O4/c1-11(18-4-5-19-11)15-6-12-8-7(15)9(16)14(3)10(17)13(8)2/h6H,4-5H2,1-3H3. The Bertz CT molecular complexity index is 763. The lowest BCUT2D eigenvalue weighted by Gasteiger charge is -2.24. The maximum Gasteiger partial charge on any atom is 0.332 e. The monoisotopic (exact) mass is 266 g/mol. The van der Waals surface area contributed by atoms with E-state index in [9.17, 15) is 9.59 Å². The quantitative estimate of drug-likeness (QED) is 0.669. The van der Waals surface area contributed by atoms with E-state index in [1.807, 2.05) is 0 Å². The molecular formula is C11H14N4O4. The molecule has 1 aliphatic rings. The van der Waals surface area contributed by atoms with Gasteiger partial charge in [-0.2, -0.15) is 0 Å². The van der Waals surface area contributed by atoms with Crippen LogP contribution in [0.3, 0.4) is 0 Å². The Labute approximate surface area is 107 Å². The van der Waals surface area contributed by atoms with Crippen molar-refractivity contribution in [3.05, 3.63) is 27.2 Å². The summed E-state index contributed by atoms with van der Waals surface area (Å²) in [5.41, 5.74) is -0.237. The minimum Gasteiger partial charge on any atom is -0.330 e. The first-order valence-electron chi connectivity index (χ1n) is 5.87. The van der Waals surface area contributed by atoms with Crippen LogP contribution in [0.25, 0.3) is 11.2 Å². The van der Waals surface area contributed by atoms with Crippen LogP contribution in [0.4, 0.5) is 0 Å². The third-order valence-electron chi connectivity index (χ3n) is 3.41. The van der Waals surface area contributed by atoms with Crippen LogP contribution in [0.1, 0.15) is 6.92 Å². The van der Waals surface area contributed by atoms with Crippen LogP contribution in [-0.2, 0) is 29.5 Å². The fourth-order valence-corrected chi connectivity index (χ4v) is 2.30. The van der Waals surface area contributed by atoms with Crippen molar-refractivity contribution >= 4 is 11.2 Å². The van der Waals surface area contributed by atoms with E-state index >= 15 is 0 Å². The first-order chi connectivity index (χ1) is 8.96. The third-order valence-corrected chi connectivity index (χ3v) is 3.41. The lowest BCUT2D eigenvalue weighted by atomic mass is 10.4. The second-order valence-electron chi connectivity index (χ2n) is 4.59. The van der Waals surface area contributed by atoms with Crippen molar-refractivity contribution in [1.82, 2.24) is 18.7 Å². The molecule has 1 aliphatic heterocycles. The molecule has 3 rings (SSSR count). The molecule has 2 aromatic heterocycles. The first kappa shape index (κ1) is 12.1. The largest absolute Gasteiger partial charge is 0.332 e. The molecule has 0 unspecified atom stereocenters. The first-order valence-corrected chi connectivity index (χ1v) is 5.87. The normalized spacial score (nSPS) is 18.3. The molecule has 102 valence electrons. The Morgan fingerprint density at radius 2 is 1.84 bits per heavy atom. The van der Waals surface area contributed by atoms with Gasteiger partial charge in [-0.25, -0.2) is 9.78 Å². The average molecular weight is 266 g/mol. The molecule has 8 nitrogen and oxygen atoms in total. The predicted octanol–water partition coefficient (Wildman–Crippen LogP) is -0.889. The van der Waals surface area contributed by atoms with Crippen molar-refractivity contribution in [3.8, 4) is 0 Å². The molecule has 0 N–H and O–H groups in total. The van der Waals surface area contributed by atoms with Gasteiger partial charge >= 0.3 is 5.69 Å². The highest BCUT2D eigenvalue weighted by molar-refractivity contribution is 5.70. The number of fused-ring (bicyclic) bond motifs is 1. The van der Waals surface area contributed by atoms with Gasteiger partial charge in [-0.15, -0.1) is 0 Å². The Hall–Kier alpha value is -1.93.